The summed E-state index contributed by atoms with van der Waals surface area (Å²) in [6.45, 7) is 10.2. The highest BCUT2D eigenvalue weighted by Crippen LogP contribution is 2.24. The third-order valence-corrected chi connectivity index (χ3v) is 2.04. The molecule has 12 heavy (non-hydrogen) atoms. The van der Waals surface area contributed by atoms with Crippen LogP contribution in [0.1, 0.15) is 52.9 Å². The third-order valence-electron chi connectivity index (χ3n) is 2.04. The van der Waals surface area contributed by atoms with Gasteiger partial charge in [-0.2, -0.15) is 0 Å². The van der Waals surface area contributed by atoms with E-state index in [1.807, 2.05) is 6.08 Å². The fourth-order valence-electron chi connectivity index (χ4n) is 1.36. The Morgan fingerprint density at radius 3 is 2.08 bits per heavy atom. The zero-order chi connectivity index (χ0) is 9.40. The number of hydrogen-bond acceptors (Lipinski definition) is 0. The summed E-state index contributed by atoms with van der Waals surface area (Å²) in [5.74, 6) is 0. The molecule has 0 fully saturated rings. The monoisotopic (exact) mass is 166 g/mol. The Balaban J connectivity index is 0.000000354. The molecule has 0 spiro atoms. The van der Waals surface area contributed by atoms with Gasteiger partial charge in [0.05, 0.1) is 0 Å². The molecule has 1 rings (SSSR count). The molecular formula is C12H22. The van der Waals surface area contributed by atoms with Gasteiger partial charge in [0, 0.05) is 0 Å². The lowest BCUT2D eigenvalue weighted by atomic mass is 9.93. The van der Waals surface area contributed by atoms with Crippen LogP contribution in [0.5, 0.6) is 0 Å². The zero-order valence-corrected chi connectivity index (χ0v) is 8.82. The van der Waals surface area contributed by atoms with Gasteiger partial charge >= 0.3 is 0 Å². The average Bonchev–Trinajstić information content (AvgIpc) is 2.07. The second-order valence-electron chi connectivity index (χ2n) is 3.42. The van der Waals surface area contributed by atoms with Crippen LogP contribution in [0.2, 0.25) is 0 Å². The van der Waals surface area contributed by atoms with Crippen LogP contribution in [0.4, 0.5) is 0 Å². The van der Waals surface area contributed by atoms with Gasteiger partial charge in [-0.1, -0.05) is 38.5 Å². The summed E-state index contributed by atoms with van der Waals surface area (Å²) in [4.78, 5) is 0. The van der Waals surface area contributed by atoms with Crippen molar-refractivity contribution in [3.05, 3.63) is 23.8 Å². The van der Waals surface area contributed by atoms with E-state index in [0.717, 1.165) is 0 Å². The Bertz CT molecular complexity index is 151. The lowest BCUT2D eigenvalue weighted by Crippen LogP contribution is -1.93. The molecule has 0 aromatic carbocycles. The van der Waals surface area contributed by atoms with Gasteiger partial charge < -0.3 is 0 Å². The van der Waals surface area contributed by atoms with Gasteiger partial charge in [0.25, 0.3) is 0 Å². The Morgan fingerprint density at radius 2 is 1.75 bits per heavy atom. The summed E-state index contributed by atoms with van der Waals surface area (Å²) in [6.07, 6.45) is 8.55. The van der Waals surface area contributed by atoms with Gasteiger partial charge in [-0.25, -0.2) is 0 Å². The summed E-state index contributed by atoms with van der Waals surface area (Å²) in [6, 6.07) is 0. The van der Waals surface area contributed by atoms with Crippen LogP contribution in [0.25, 0.3) is 0 Å². The van der Waals surface area contributed by atoms with E-state index in [0.29, 0.717) is 0 Å². The molecule has 0 amide bonds. The van der Waals surface area contributed by atoms with Crippen LogP contribution >= 0.6 is 0 Å². The summed E-state index contributed by atoms with van der Waals surface area (Å²) in [5, 5.41) is 0. The minimum absolute atomic E-state index is 1.25. The minimum atomic E-state index is 1.25. The Kier molecular flexibility index (Phi) is 6.84. The van der Waals surface area contributed by atoms with Crippen molar-refractivity contribution < 1.29 is 0 Å². The number of rotatable bonds is 1. The van der Waals surface area contributed by atoms with Crippen LogP contribution < -0.4 is 0 Å². The van der Waals surface area contributed by atoms with Gasteiger partial charge in [0.15, 0.2) is 0 Å². The first-order chi connectivity index (χ1) is 5.76. The summed E-state index contributed by atoms with van der Waals surface area (Å²) in [7, 11) is 0. The third kappa shape index (κ3) is 4.38. The molecule has 0 heterocycles. The number of allylic oxidation sites excluding steroid dienone is 3. The van der Waals surface area contributed by atoms with Crippen molar-refractivity contribution in [3.63, 3.8) is 0 Å². The van der Waals surface area contributed by atoms with E-state index in [1.165, 1.54) is 37.7 Å². The molecule has 0 atom stereocenters. The SMILES string of the molecule is C=CC1=C(C)CCCC1.CCC. The maximum Gasteiger partial charge on any atom is -0.0280 e. The maximum atomic E-state index is 3.78. The molecule has 0 N–H and O–H groups in total. The van der Waals surface area contributed by atoms with E-state index in [4.69, 9.17) is 0 Å². The largest absolute Gasteiger partial charge is 0.0988 e. The van der Waals surface area contributed by atoms with Crippen molar-refractivity contribution >= 4 is 0 Å². The molecule has 1 aliphatic rings. The van der Waals surface area contributed by atoms with Crippen molar-refractivity contribution in [2.24, 2.45) is 0 Å². The highest BCUT2D eigenvalue weighted by Gasteiger charge is 2.04. The summed E-state index contributed by atoms with van der Waals surface area (Å²) in [5.41, 5.74) is 3.04. The molecule has 0 radical (unpaired) electrons. The molecule has 0 aromatic heterocycles. The fraction of sp³-hybridized carbons (Fsp3) is 0.667. The normalized spacial score (nSPS) is 16.6. The smallest absolute Gasteiger partial charge is 0.0280 e. The molecule has 0 bridgehead atoms. The van der Waals surface area contributed by atoms with Gasteiger partial charge in [-0.3, -0.25) is 0 Å². The Hall–Kier alpha value is -0.520. The molecule has 70 valence electrons. The highest BCUT2D eigenvalue weighted by molar-refractivity contribution is 5.24. The standard InChI is InChI=1S/C9H14.C3H8/c1-3-9-7-5-4-6-8(9)2;1-3-2/h3H,1,4-7H2,2H3;3H2,1-2H3. The molecule has 0 aromatic rings. The first-order valence-electron chi connectivity index (χ1n) is 5.07. The van der Waals surface area contributed by atoms with E-state index in [1.54, 1.807) is 5.57 Å². The van der Waals surface area contributed by atoms with Crippen molar-refractivity contribution in [3.8, 4) is 0 Å². The molecule has 0 heteroatoms. The molecule has 1 aliphatic carbocycles. The predicted octanol–water partition coefficient (Wildman–Crippen LogP) is 4.48. The number of hydrogen-bond donors (Lipinski definition) is 0. The summed E-state index contributed by atoms with van der Waals surface area (Å²) < 4.78 is 0. The summed E-state index contributed by atoms with van der Waals surface area (Å²) >= 11 is 0. The van der Waals surface area contributed by atoms with Crippen molar-refractivity contribution in [2.75, 3.05) is 0 Å². The van der Waals surface area contributed by atoms with Crippen LogP contribution in [-0.4, -0.2) is 0 Å². The van der Waals surface area contributed by atoms with E-state index in [2.05, 4.69) is 27.4 Å². The van der Waals surface area contributed by atoms with Gasteiger partial charge in [0.1, 0.15) is 0 Å². The fourth-order valence-corrected chi connectivity index (χ4v) is 1.36. The first kappa shape index (κ1) is 11.5. The Labute approximate surface area is 77.4 Å². The van der Waals surface area contributed by atoms with Crippen molar-refractivity contribution in [1.82, 2.24) is 0 Å². The van der Waals surface area contributed by atoms with Crippen LogP contribution in [0, 0.1) is 0 Å². The molecule has 0 saturated carbocycles. The van der Waals surface area contributed by atoms with E-state index >= 15 is 0 Å². The van der Waals surface area contributed by atoms with Gasteiger partial charge in [-0.05, 0) is 38.2 Å². The van der Waals surface area contributed by atoms with E-state index < -0.39 is 0 Å². The van der Waals surface area contributed by atoms with E-state index in [9.17, 15) is 0 Å². The van der Waals surface area contributed by atoms with Crippen molar-refractivity contribution in [1.29, 1.82) is 0 Å². The maximum absolute atomic E-state index is 3.78. The Morgan fingerprint density at radius 1 is 1.25 bits per heavy atom. The van der Waals surface area contributed by atoms with Crippen LogP contribution in [-0.2, 0) is 0 Å². The zero-order valence-electron chi connectivity index (χ0n) is 8.82. The quantitative estimate of drug-likeness (QED) is 0.539. The predicted molar refractivity (Wildman–Crippen MR) is 57.3 cm³/mol. The average molecular weight is 166 g/mol. The molecule has 0 unspecified atom stereocenters. The van der Waals surface area contributed by atoms with Crippen LogP contribution in [0.15, 0.2) is 23.8 Å². The molecule has 0 aliphatic heterocycles. The molecule has 0 nitrogen and oxygen atoms in total. The molecule has 0 saturated heterocycles. The minimum Gasteiger partial charge on any atom is -0.0988 e. The second kappa shape index (κ2) is 7.15. The van der Waals surface area contributed by atoms with Crippen LogP contribution in [0.3, 0.4) is 0 Å². The second-order valence-corrected chi connectivity index (χ2v) is 3.42. The lowest BCUT2D eigenvalue weighted by Gasteiger charge is -2.13. The van der Waals surface area contributed by atoms with Gasteiger partial charge in [0.2, 0.25) is 0 Å². The highest BCUT2D eigenvalue weighted by atomic mass is 14.1. The van der Waals surface area contributed by atoms with Crippen molar-refractivity contribution in [2.45, 2.75) is 52.9 Å². The van der Waals surface area contributed by atoms with Gasteiger partial charge in [-0.15, -0.1) is 0 Å². The van der Waals surface area contributed by atoms with E-state index in [-0.39, 0.29) is 0 Å². The first-order valence-corrected chi connectivity index (χ1v) is 5.07. The topological polar surface area (TPSA) is 0 Å². The molecular weight excluding hydrogens is 144 g/mol. The lowest BCUT2D eigenvalue weighted by molar-refractivity contribution is 0.683.